The molecule has 0 bridgehead atoms. The smallest absolute Gasteiger partial charge is 0.224 e. The van der Waals surface area contributed by atoms with E-state index in [-0.39, 0.29) is 19.1 Å². The number of anilines is 2. The van der Waals surface area contributed by atoms with E-state index in [1.54, 1.807) is 25.1 Å². The topological polar surface area (TPSA) is 90.8 Å². The molecular formula is C13H20N2O4. The van der Waals surface area contributed by atoms with E-state index in [0.717, 1.165) is 5.69 Å². The normalized spacial score (nSPS) is 11.8. The molecule has 1 amide bonds. The van der Waals surface area contributed by atoms with Gasteiger partial charge in [-0.05, 0) is 18.2 Å². The molecule has 0 aliphatic rings. The molecule has 6 heteroatoms. The third kappa shape index (κ3) is 4.76. The molecular weight excluding hydrogens is 248 g/mol. The van der Waals surface area contributed by atoms with E-state index >= 15 is 0 Å². The molecule has 1 atom stereocenters. The lowest BCUT2D eigenvalue weighted by Crippen LogP contribution is -2.23. The minimum absolute atomic E-state index is 0.106. The monoisotopic (exact) mass is 268 g/mol. The zero-order valence-electron chi connectivity index (χ0n) is 11.1. The number of nitrogens with one attached hydrogen (secondary N) is 2. The maximum absolute atomic E-state index is 11.4. The summed E-state index contributed by atoms with van der Waals surface area (Å²) in [5.74, 6) is 0.459. The van der Waals surface area contributed by atoms with Crippen molar-refractivity contribution in [2.75, 3.05) is 30.9 Å². The van der Waals surface area contributed by atoms with E-state index in [1.807, 2.05) is 0 Å². The van der Waals surface area contributed by atoms with Crippen molar-refractivity contribution in [2.24, 2.45) is 0 Å². The molecule has 19 heavy (non-hydrogen) atoms. The van der Waals surface area contributed by atoms with Crippen LogP contribution in [-0.2, 0) is 4.79 Å². The van der Waals surface area contributed by atoms with Gasteiger partial charge in [-0.25, -0.2) is 0 Å². The predicted molar refractivity (Wildman–Crippen MR) is 73.5 cm³/mol. The summed E-state index contributed by atoms with van der Waals surface area (Å²) in [7, 11) is 1.53. The van der Waals surface area contributed by atoms with Crippen LogP contribution in [0.5, 0.6) is 5.75 Å². The third-order valence-electron chi connectivity index (χ3n) is 2.55. The summed E-state index contributed by atoms with van der Waals surface area (Å²) in [4.78, 5) is 11.4. The first-order valence-corrected chi connectivity index (χ1v) is 6.11. The summed E-state index contributed by atoms with van der Waals surface area (Å²) in [6, 6.07) is 5.21. The van der Waals surface area contributed by atoms with Gasteiger partial charge in [-0.1, -0.05) is 6.92 Å². The predicted octanol–water partition coefficient (Wildman–Crippen LogP) is 0.809. The summed E-state index contributed by atoms with van der Waals surface area (Å²) >= 11 is 0. The van der Waals surface area contributed by atoms with Crippen molar-refractivity contribution in [1.29, 1.82) is 0 Å². The number of aliphatic hydroxyl groups excluding tert-OH is 2. The highest BCUT2D eigenvalue weighted by Gasteiger charge is 2.08. The van der Waals surface area contributed by atoms with E-state index in [0.29, 0.717) is 17.9 Å². The zero-order valence-corrected chi connectivity index (χ0v) is 11.1. The summed E-state index contributed by atoms with van der Waals surface area (Å²) < 4.78 is 5.16. The quantitative estimate of drug-likeness (QED) is 0.587. The van der Waals surface area contributed by atoms with Gasteiger partial charge in [0.15, 0.2) is 0 Å². The van der Waals surface area contributed by atoms with Gasteiger partial charge in [-0.15, -0.1) is 0 Å². The Balaban J connectivity index is 2.79. The molecule has 0 aliphatic carbocycles. The van der Waals surface area contributed by atoms with Crippen molar-refractivity contribution in [3.8, 4) is 5.75 Å². The van der Waals surface area contributed by atoms with Crippen LogP contribution in [0.1, 0.15) is 13.3 Å². The van der Waals surface area contributed by atoms with Crippen molar-refractivity contribution in [1.82, 2.24) is 0 Å². The van der Waals surface area contributed by atoms with Gasteiger partial charge >= 0.3 is 0 Å². The first-order chi connectivity index (χ1) is 9.10. The van der Waals surface area contributed by atoms with Gasteiger partial charge in [0.25, 0.3) is 0 Å². The summed E-state index contributed by atoms with van der Waals surface area (Å²) in [6.45, 7) is 1.69. The second kappa shape index (κ2) is 7.60. The van der Waals surface area contributed by atoms with Crippen LogP contribution in [0.2, 0.25) is 0 Å². The largest absolute Gasteiger partial charge is 0.495 e. The molecule has 106 valence electrons. The Morgan fingerprint density at radius 1 is 1.47 bits per heavy atom. The Morgan fingerprint density at radius 3 is 2.79 bits per heavy atom. The average Bonchev–Trinajstić information content (AvgIpc) is 2.44. The fourth-order valence-electron chi connectivity index (χ4n) is 1.45. The van der Waals surface area contributed by atoms with E-state index in [9.17, 15) is 9.90 Å². The first kappa shape index (κ1) is 15.3. The third-order valence-corrected chi connectivity index (χ3v) is 2.55. The molecule has 0 heterocycles. The van der Waals surface area contributed by atoms with Crippen LogP contribution in [0.25, 0.3) is 0 Å². The molecule has 1 aromatic rings. The molecule has 0 aliphatic heterocycles. The number of benzene rings is 1. The number of methoxy groups -OCH3 is 1. The van der Waals surface area contributed by atoms with Gasteiger partial charge in [0, 0.05) is 18.7 Å². The van der Waals surface area contributed by atoms with Crippen LogP contribution in [0.3, 0.4) is 0 Å². The number of carbonyl (C=O) groups is 1. The molecule has 0 spiro atoms. The molecule has 0 radical (unpaired) electrons. The Bertz CT molecular complexity index is 423. The molecule has 0 fully saturated rings. The van der Waals surface area contributed by atoms with Crippen LogP contribution >= 0.6 is 0 Å². The lowest BCUT2D eigenvalue weighted by atomic mass is 10.2. The lowest BCUT2D eigenvalue weighted by molar-refractivity contribution is -0.115. The van der Waals surface area contributed by atoms with Crippen molar-refractivity contribution in [3.05, 3.63) is 18.2 Å². The molecule has 4 N–H and O–H groups in total. The number of hydrogen-bond donors (Lipinski definition) is 4. The van der Waals surface area contributed by atoms with E-state index in [4.69, 9.17) is 9.84 Å². The SMILES string of the molecule is CCC(=O)Nc1cc(NCC(O)CO)ccc1OC. The van der Waals surface area contributed by atoms with Gasteiger partial charge in [0.1, 0.15) is 5.75 Å². The van der Waals surface area contributed by atoms with Gasteiger partial charge in [0.05, 0.1) is 25.5 Å². The first-order valence-electron chi connectivity index (χ1n) is 6.11. The Morgan fingerprint density at radius 2 is 2.21 bits per heavy atom. The highest BCUT2D eigenvalue weighted by Crippen LogP contribution is 2.27. The second-order valence-electron chi connectivity index (χ2n) is 4.03. The van der Waals surface area contributed by atoms with Gasteiger partial charge in [-0.2, -0.15) is 0 Å². The van der Waals surface area contributed by atoms with Crippen molar-refractivity contribution < 1.29 is 19.7 Å². The fourth-order valence-corrected chi connectivity index (χ4v) is 1.45. The van der Waals surface area contributed by atoms with E-state index in [2.05, 4.69) is 10.6 Å². The minimum Gasteiger partial charge on any atom is -0.495 e. The lowest BCUT2D eigenvalue weighted by Gasteiger charge is -2.14. The standard InChI is InChI=1S/C13H20N2O4/c1-3-13(18)15-11-6-9(4-5-12(11)19-2)14-7-10(17)8-16/h4-6,10,14,16-17H,3,7-8H2,1-2H3,(H,15,18). The molecule has 1 aromatic carbocycles. The minimum atomic E-state index is -0.823. The molecule has 0 aromatic heterocycles. The van der Waals surface area contributed by atoms with E-state index < -0.39 is 6.10 Å². The molecule has 1 unspecified atom stereocenters. The van der Waals surface area contributed by atoms with E-state index in [1.165, 1.54) is 7.11 Å². The number of amides is 1. The van der Waals surface area contributed by atoms with Gasteiger partial charge < -0.3 is 25.6 Å². The average molecular weight is 268 g/mol. The maximum atomic E-state index is 11.4. The van der Waals surface area contributed by atoms with Crippen LogP contribution in [-0.4, -0.2) is 42.5 Å². The van der Waals surface area contributed by atoms with Crippen molar-refractivity contribution in [3.63, 3.8) is 0 Å². The van der Waals surface area contributed by atoms with Crippen LogP contribution < -0.4 is 15.4 Å². The Labute approximate surface area is 112 Å². The molecule has 6 nitrogen and oxygen atoms in total. The highest BCUT2D eigenvalue weighted by molar-refractivity contribution is 5.92. The van der Waals surface area contributed by atoms with Gasteiger partial charge in [-0.3, -0.25) is 4.79 Å². The Hall–Kier alpha value is -1.79. The number of rotatable bonds is 7. The van der Waals surface area contributed by atoms with Crippen LogP contribution in [0.15, 0.2) is 18.2 Å². The van der Waals surface area contributed by atoms with Crippen molar-refractivity contribution in [2.45, 2.75) is 19.4 Å². The van der Waals surface area contributed by atoms with Crippen LogP contribution in [0, 0.1) is 0 Å². The fraction of sp³-hybridized carbons (Fsp3) is 0.462. The second-order valence-corrected chi connectivity index (χ2v) is 4.03. The Kier molecular flexibility index (Phi) is 6.11. The number of carbonyl (C=O) groups excluding carboxylic acids is 1. The maximum Gasteiger partial charge on any atom is 0.224 e. The summed E-state index contributed by atoms with van der Waals surface area (Å²) in [6.07, 6.45) is -0.444. The number of ether oxygens (including phenoxy) is 1. The molecule has 1 rings (SSSR count). The zero-order chi connectivity index (χ0) is 14.3. The van der Waals surface area contributed by atoms with Crippen LogP contribution in [0.4, 0.5) is 11.4 Å². The summed E-state index contributed by atoms with van der Waals surface area (Å²) in [5, 5.41) is 23.7. The van der Waals surface area contributed by atoms with Crippen molar-refractivity contribution >= 4 is 17.3 Å². The molecule has 0 saturated heterocycles. The number of hydrogen-bond acceptors (Lipinski definition) is 5. The van der Waals surface area contributed by atoms with Gasteiger partial charge in [0.2, 0.25) is 5.91 Å². The number of aliphatic hydroxyl groups is 2. The molecule has 0 saturated carbocycles. The summed E-state index contributed by atoms with van der Waals surface area (Å²) in [5.41, 5.74) is 1.29. The highest BCUT2D eigenvalue weighted by atomic mass is 16.5.